The van der Waals surface area contributed by atoms with Crippen LogP contribution in [0, 0.1) is 6.92 Å². The van der Waals surface area contributed by atoms with Crippen molar-refractivity contribution in [1.29, 1.82) is 0 Å². The van der Waals surface area contributed by atoms with E-state index in [9.17, 15) is 5.11 Å². The van der Waals surface area contributed by atoms with Crippen LogP contribution in [0.2, 0.25) is 5.02 Å². The highest BCUT2D eigenvalue weighted by Crippen LogP contribution is 2.36. The summed E-state index contributed by atoms with van der Waals surface area (Å²) in [5.74, 6) is 0.805. The van der Waals surface area contributed by atoms with Crippen LogP contribution in [-0.2, 0) is 0 Å². The molecule has 1 unspecified atom stereocenters. The van der Waals surface area contributed by atoms with Crippen molar-refractivity contribution in [3.63, 3.8) is 0 Å². The summed E-state index contributed by atoms with van der Waals surface area (Å²) in [6.45, 7) is 2.62. The zero-order valence-electron chi connectivity index (χ0n) is 8.09. The van der Waals surface area contributed by atoms with E-state index in [2.05, 4.69) is 0 Å². The van der Waals surface area contributed by atoms with Crippen LogP contribution in [0.5, 0.6) is 5.75 Å². The molecule has 0 saturated carbocycles. The first-order chi connectivity index (χ1) is 6.68. The van der Waals surface area contributed by atoms with Crippen molar-refractivity contribution in [1.82, 2.24) is 0 Å². The Morgan fingerprint density at radius 1 is 1.50 bits per heavy atom. The third kappa shape index (κ3) is 1.72. The topological polar surface area (TPSA) is 29.5 Å². The fourth-order valence-corrected chi connectivity index (χ4v) is 2.09. The highest BCUT2D eigenvalue weighted by molar-refractivity contribution is 6.30. The zero-order valence-corrected chi connectivity index (χ0v) is 8.84. The second-order valence-corrected chi connectivity index (χ2v) is 4.08. The monoisotopic (exact) mass is 212 g/mol. The lowest BCUT2D eigenvalue weighted by Crippen LogP contribution is -1.98. The van der Waals surface area contributed by atoms with Crippen molar-refractivity contribution in [3.05, 3.63) is 28.3 Å². The van der Waals surface area contributed by atoms with Gasteiger partial charge in [-0.2, -0.15) is 0 Å². The number of aliphatic hydroxyl groups excluding tert-OH is 1. The smallest absolute Gasteiger partial charge is 0.128 e. The summed E-state index contributed by atoms with van der Waals surface area (Å²) in [7, 11) is 0. The maximum atomic E-state index is 9.85. The highest BCUT2D eigenvalue weighted by Gasteiger charge is 2.19. The first-order valence-electron chi connectivity index (χ1n) is 4.79. The van der Waals surface area contributed by atoms with Crippen LogP contribution in [-0.4, -0.2) is 11.7 Å². The van der Waals surface area contributed by atoms with E-state index < -0.39 is 6.10 Å². The Kier molecular flexibility index (Phi) is 2.66. The third-order valence-electron chi connectivity index (χ3n) is 2.50. The molecule has 0 amide bonds. The number of aliphatic hydroxyl groups is 1. The van der Waals surface area contributed by atoms with E-state index in [1.165, 1.54) is 0 Å². The molecule has 0 aromatic heterocycles. The van der Waals surface area contributed by atoms with E-state index in [-0.39, 0.29) is 0 Å². The zero-order chi connectivity index (χ0) is 10.1. The van der Waals surface area contributed by atoms with Crippen molar-refractivity contribution in [2.45, 2.75) is 25.9 Å². The molecule has 14 heavy (non-hydrogen) atoms. The summed E-state index contributed by atoms with van der Waals surface area (Å²) in [5, 5.41) is 10.5. The summed E-state index contributed by atoms with van der Waals surface area (Å²) < 4.78 is 5.59. The second-order valence-electron chi connectivity index (χ2n) is 3.65. The van der Waals surface area contributed by atoms with E-state index in [0.717, 1.165) is 29.7 Å². The lowest BCUT2D eigenvalue weighted by molar-refractivity contribution is 0.167. The molecule has 1 aromatic rings. The molecule has 1 aliphatic heterocycles. The van der Waals surface area contributed by atoms with E-state index in [4.69, 9.17) is 16.3 Å². The van der Waals surface area contributed by atoms with Crippen LogP contribution in [0.1, 0.15) is 30.1 Å². The molecular weight excluding hydrogens is 200 g/mol. The number of rotatable bonds is 0. The maximum absolute atomic E-state index is 9.85. The molecule has 3 heteroatoms. The summed E-state index contributed by atoms with van der Waals surface area (Å²) in [6, 6.07) is 3.65. The minimum absolute atomic E-state index is 0.440. The number of benzene rings is 1. The van der Waals surface area contributed by atoms with Gasteiger partial charge in [0.1, 0.15) is 5.75 Å². The molecular formula is C11H13ClO2. The Labute approximate surface area is 88.5 Å². The molecule has 1 N–H and O–H groups in total. The van der Waals surface area contributed by atoms with Crippen LogP contribution in [0.15, 0.2) is 12.1 Å². The van der Waals surface area contributed by atoms with Crippen molar-refractivity contribution in [2.75, 3.05) is 6.61 Å². The fourth-order valence-electron chi connectivity index (χ4n) is 1.81. The lowest BCUT2D eigenvalue weighted by Gasteiger charge is -2.13. The highest BCUT2D eigenvalue weighted by atomic mass is 35.5. The summed E-state index contributed by atoms with van der Waals surface area (Å²) in [5.41, 5.74) is 1.82. The number of aryl methyl sites for hydroxylation is 1. The van der Waals surface area contributed by atoms with E-state index in [1.807, 2.05) is 13.0 Å². The molecule has 1 atom stereocenters. The van der Waals surface area contributed by atoms with Crippen LogP contribution in [0.4, 0.5) is 0 Å². The van der Waals surface area contributed by atoms with Crippen molar-refractivity contribution in [2.24, 2.45) is 0 Å². The SMILES string of the molecule is Cc1cc(Cl)cc2c1OCCCC2O. The van der Waals surface area contributed by atoms with Gasteiger partial charge in [-0.25, -0.2) is 0 Å². The molecule has 2 nitrogen and oxygen atoms in total. The molecule has 0 aliphatic carbocycles. The van der Waals surface area contributed by atoms with Gasteiger partial charge in [-0.3, -0.25) is 0 Å². The molecule has 76 valence electrons. The van der Waals surface area contributed by atoms with Crippen molar-refractivity contribution >= 4 is 11.6 Å². The van der Waals surface area contributed by atoms with Gasteiger partial charge < -0.3 is 9.84 Å². The van der Waals surface area contributed by atoms with E-state index in [1.54, 1.807) is 6.07 Å². The van der Waals surface area contributed by atoms with Crippen LogP contribution >= 0.6 is 11.6 Å². The van der Waals surface area contributed by atoms with Gasteiger partial charge >= 0.3 is 0 Å². The summed E-state index contributed by atoms with van der Waals surface area (Å²) >= 11 is 5.93. The van der Waals surface area contributed by atoms with Gasteiger partial charge in [-0.1, -0.05) is 11.6 Å². The molecule has 1 aliphatic rings. The average molecular weight is 213 g/mol. The number of hydrogen-bond acceptors (Lipinski definition) is 2. The Balaban J connectivity index is 2.53. The number of ether oxygens (including phenoxy) is 1. The predicted molar refractivity (Wildman–Crippen MR) is 55.9 cm³/mol. The van der Waals surface area contributed by atoms with Gasteiger partial charge in [-0.05, 0) is 37.5 Å². The predicted octanol–water partition coefficient (Wildman–Crippen LogP) is 2.85. The maximum Gasteiger partial charge on any atom is 0.128 e. The van der Waals surface area contributed by atoms with E-state index >= 15 is 0 Å². The molecule has 0 spiro atoms. The molecule has 0 fully saturated rings. The minimum atomic E-state index is -0.440. The summed E-state index contributed by atoms with van der Waals surface area (Å²) in [6.07, 6.45) is 1.18. The quantitative estimate of drug-likeness (QED) is 0.717. The molecule has 1 heterocycles. The molecule has 0 radical (unpaired) electrons. The summed E-state index contributed by atoms with van der Waals surface area (Å²) in [4.78, 5) is 0. The van der Waals surface area contributed by atoms with Gasteiger partial charge in [0.15, 0.2) is 0 Å². The van der Waals surface area contributed by atoms with Gasteiger partial charge in [-0.15, -0.1) is 0 Å². The van der Waals surface area contributed by atoms with Gasteiger partial charge in [0.25, 0.3) is 0 Å². The fraction of sp³-hybridized carbons (Fsp3) is 0.455. The Morgan fingerprint density at radius 3 is 3.07 bits per heavy atom. The Morgan fingerprint density at radius 2 is 2.29 bits per heavy atom. The third-order valence-corrected chi connectivity index (χ3v) is 2.71. The van der Waals surface area contributed by atoms with Gasteiger partial charge in [0.05, 0.1) is 12.7 Å². The van der Waals surface area contributed by atoms with Crippen molar-refractivity contribution < 1.29 is 9.84 Å². The molecule has 0 saturated heterocycles. The lowest BCUT2D eigenvalue weighted by atomic mass is 10.0. The average Bonchev–Trinajstić information content (AvgIpc) is 2.29. The molecule has 2 rings (SSSR count). The number of hydrogen-bond donors (Lipinski definition) is 1. The van der Waals surface area contributed by atoms with Gasteiger partial charge in [0, 0.05) is 10.6 Å². The Hall–Kier alpha value is -0.730. The normalized spacial score (nSPS) is 20.9. The first kappa shape index (κ1) is 9.81. The first-order valence-corrected chi connectivity index (χ1v) is 5.17. The molecule has 1 aromatic carbocycles. The molecule has 0 bridgehead atoms. The van der Waals surface area contributed by atoms with Crippen LogP contribution in [0.25, 0.3) is 0 Å². The standard InChI is InChI=1S/C11H13ClO2/c1-7-5-8(12)6-9-10(13)3-2-4-14-11(7)9/h5-6,10,13H,2-4H2,1H3. The van der Waals surface area contributed by atoms with Crippen LogP contribution < -0.4 is 4.74 Å². The van der Waals surface area contributed by atoms with Gasteiger partial charge in [0.2, 0.25) is 0 Å². The van der Waals surface area contributed by atoms with Crippen molar-refractivity contribution in [3.8, 4) is 5.75 Å². The number of fused-ring (bicyclic) bond motifs is 1. The largest absolute Gasteiger partial charge is 0.493 e. The second kappa shape index (κ2) is 3.79. The minimum Gasteiger partial charge on any atom is -0.493 e. The van der Waals surface area contributed by atoms with Crippen LogP contribution in [0.3, 0.4) is 0 Å². The van der Waals surface area contributed by atoms with E-state index in [0.29, 0.717) is 11.6 Å². The number of halogens is 1. The Bertz CT molecular complexity index is 349.